The topological polar surface area (TPSA) is 57.0 Å². The van der Waals surface area contributed by atoms with E-state index in [0.29, 0.717) is 22.8 Å². The summed E-state index contributed by atoms with van der Waals surface area (Å²) in [5, 5.41) is 10.2. The molecule has 4 aromatic rings. The number of carbonyl (C=O) groups is 1. The van der Waals surface area contributed by atoms with Gasteiger partial charge in [0.05, 0.1) is 22.6 Å². The molecule has 0 radical (unpaired) electrons. The standard InChI is InChI=1S/C27H19N3OS2/c28-18-20-14-15-21(19-8-2-1-3-9-19)29-27(20)32-17-16-26(31)30-22-10-4-6-12-24(22)33-25-13-7-5-11-23(25)30/h1-15H,16-17H2. The number of amides is 1. The highest BCUT2D eigenvalue weighted by Crippen LogP contribution is 2.48. The number of thioether (sulfide) groups is 1. The molecule has 33 heavy (non-hydrogen) atoms. The zero-order chi connectivity index (χ0) is 22.6. The van der Waals surface area contributed by atoms with Crippen molar-refractivity contribution in [3.63, 3.8) is 0 Å². The van der Waals surface area contributed by atoms with Gasteiger partial charge in [0.1, 0.15) is 11.1 Å². The number of para-hydroxylation sites is 2. The monoisotopic (exact) mass is 465 g/mol. The Morgan fingerprint density at radius 1 is 0.879 bits per heavy atom. The molecule has 1 aromatic heterocycles. The molecule has 0 N–H and O–H groups in total. The van der Waals surface area contributed by atoms with Crippen LogP contribution < -0.4 is 4.90 Å². The maximum Gasteiger partial charge on any atom is 0.232 e. The molecule has 0 atom stereocenters. The number of anilines is 2. The van der Waals surface area contributed by atoms with Crippen molar-refractivity contribution in [3.05, 3.63) is 96.6 Å². The third kappa shape index (κ3) is 4.38. The zero-order valence-electron chi connectivity index (χ0n) is 17.6. The van der Waals surface area contributed by atoms with Crippen molar-refractivity contribution in [2.75, 3.05) is 10.7 Å². The number of benzene rings is 3. The van der Waals surface area contributed by atoms with Crippen molar-refractivity contribution in [1.29, 1.82) is 5.26 Å². The van der Waals surface area contributed by atoms with E-state index in [4.69, 9.17) is 4.98 Å². The Balaban J connectivity index is 1.35. The van der Waals surface area contributed by atoms with Gasteiger partial charge in [-0.3, -0.25) is 9.69 Å². The van der Waals surface area contributed by atoms with Gasteiger partial charge in [-0.05, 0) is 36.4 Å². The molecule has 0 saturated carbocycles. The van der Waals surface area contributed by atoms with Gasteiger partial charge in [0.2, 0.25) is 5.91 Å². The molecule has 6 heteroatoms. The molecule has 4 nitrogen and oxygen atoms in total. The smallest absolute Gasteiger partial charge is 0.232 e. The van der Waals surface area contributed by atoms with Gasteiger partial charge in [-0.25, -0.2) is 4.98 Å². The first-order valence-corrected chi connectivity index (χ1v) is 12.3. The lowest BCUT2D eigenvalue weighted by molar-refractivity contribution is -0.117. The van der Waals surface area contributed by atoms with E-state index in [1.807, 2.05) is 89.8 Å². The number of hydrogen-bond donors (Lipinski definition) is 0. The summed E-state index contributed by atoms with van der Waals surface area (Å²) in [4.78, 5) is 22.0. The molecule has 1 aliphatic heterocycles. The summed E-state index contributed by atoms with van der Waals surface area (Å²) in [5.41, 5.74) is 4.17. The fourth-order valence-corrected chi connectivity index (χ4v) is 5.69. The normalized spacial score (nSPS) is 11.9. The first kappa shape index (κ1) is 21.3. The van der Waals surface area contributed by atoms with Crippen molar-refractivity contribution in [2.24, 2.45) is 0 Å². The van der Waals surface area contributed by atoms with E-state index in [0.717, 1.165) is 32.4 Å². The zero-order valence-corrected chi connectivity index (χ0v) is 19.3. The Morgan fingerprint density at radius 3 is 2.18 bits per heavy atom. The van der Waals surface area contributed by atoms with Gasteiger partial charge < -0.3 is 0 Å². The average Bonchev–Trinajstić information content (AvgIpc) is 2.87. The number of nitrogens with zero attached hydrogens (tertiary/aromatic N) is 3. The van der Waals surface area contributed by atoms with E-state index in [2.05, 4.69) is 6.07 Å². The number of hydrogen-bond acceptors (Lipinski definition) is 5. The second-order valence-electron chi connectivity index (χ2n) is 7.39. The summed E-state index contributed by atoms with van der Waals surface area (Å²) in [6, 6.07) is 31.7. The van der Waals surface area contributed by atoms with Crippen LogP contribution in [0.25, 0.3) is 11.3 Å². The molecule has 2 heterocycles. The van der Waals surface area contributed by atoms with Crippen LogP contribution in [0.15, 0.2) is 106 Å². The molecule has 0 bridgehead atoms. The third-order valence-electron chi connectivity index (χ3n) is 5.29. The summed E-state index contributed by atoms with van der Waals surface area (Å²) in [5.74, 6) is 0.563. The van der Waals surface area contributed by atoms with Crippen molar-refractivity contribution in [1.82, 2.24) is 4.98 Å². The number of rotatable bonds is 5. The van der Waals surface area contributed by atoms with Crippen LogP contribution in [0.4, 0.5) is 11.4 Å². The molecule has 0 unspecified atom stereocenters. The predicted octanol–water partition coefficient (Wildman–Crippen LogP) is 6.93. The lowest BCUT2D eigenvalue weighted by Gasteiger charge is -2.31. The molecule has 0 aliphatic carbocycles. The van der Waals surface area contributed by atoms with Crippen molar-refractivity contribution < 1.29 is 4.79 Å². The maximum absolute atomic E-state index is 13.4. The quantitative estimate of drug-likeness (QED) is 0.299. The highest BCUT2D eigenvalue weighted by molar-refractivity contribution is 7.99. The van der Waals surface area contributed by atoms with E-state index >= 15 is 0 Å². The predicted molar refractivity (Wildman–Crippen MR) is 134 cm³/mol. The largest absolute Gasteiger partial charge is 0.279 e. The van der Waals surface area contributed by atoms with Crippen LogP contribution in [-0.4, -0.2) is 16.6 Å². The van der Waals surface area contributed by atoms with E-state index in [9.17, 15) is 10.1 Å². The highest BCUT2D eigenvalue weighted by Gasteiger charge is 2.27. The van der Waals surface area contributed by atoms with Gasteiger partial charge in [0.25, 0.3) is 0 Å². The molecule has 5 rings (SSSR count). The molecule has 1 amide bonds. The number of nitriles is 1. The Hall–Kier alpha value is -3.53. The third-order valence-corrected chi connectivity index (χ3v) is 7.41. The van der Waals surface area contributed by atoms with Crippen LogP contribution in [0, 0.1) is 11.3 Å². The lowest BCUT2D eigenvalue weighted by atomic mass is 10.1. The molecular weight excluding hydrogens is 446 g/mol. The van der Waals surface area contributed by atoms with Crippen LogP contribution >= 0.6 is 23.5 Å². The molecular formula is C27H19N3OS2. The number of aromatic nitrogens is 1. The Bertz CT molecular complexity index is 1320. The van der Waals surface area contributed by atoms with Gasteiger partial charge in [-0.15, -0.1) is 11.8 Å². The molecule has 160 valence electrons. The van der Waals surface area contributed by atoms with Crippen molar-refractivity contribution in [3.8, 4) is 17.3 Å². The Kier molecular flexibility index (Phi) is 6.16. The first-order valence-electron chi connectivity index (χ1n) is 10.5. The average molecular weight is 466 g/mol. The summed E-state index contributed by atoms with van der Waals surface area (Å²) >= 11 is 3.13. The van der Waals surface area contributed by atoms with Crippen LogP contribution in [0.3, 0.4) is 0 Å². The van der Waals surface area contributed by atoms with Crippen LogP contribution in [0.2, 0.25) is 0 Å². The Morgan fingerprint density at radius 2 is 1.52 bits per heavy atom. The summed E-state index contributed by atoms with van der Waals surface area (Å²) in [6.07, 6.45) is 0.333. The minimum absolute atomic E-state index is 0.0282. The summed E-state index contributed by atoms with van der Waals surface area (Å²) < 4.78 is 0. The SMILES string of the molecule is N#Cc1ccc(-c2ccccc2)nc1SCCC(=O)N1c2ccccc2Sc2ccccc21. The fraction of sp³-hybridized carbons (Fsp3) is 0.0741. The van der Waals surface area contributed by atoms with Gasteiger partial charge in [0.15, 0.2) is 0 Å². The van der Waals surface area contributed by atoms with Crippen LogP contribution in [0.1, 0.15) is 12.0 Å². The minimum atomic E-state index is 0.0282. The summed E-state index contributed by atoms with van der Waals surface area (Å²) in [6.45, 7) is 0. The maximum atomic E-state index is 13.4. The molecule has 1 aliphatic rings. The van der Waals surface area contributed by atoms with Gasteiger partial charge >= 0.3 is 0 Å². The second-order valence-corrected chi connectivity index (χ2v) is 9.56. The van der Waals surface area contributed by atoms with Crippen molar-refractivity contribution >= 4 is 40.8 Å². The second kappa shape index (κ2) is 9.53. The van der Waals surface area contributed by atoms with E-state index in [1.54, 1.807) is 17.8 Å². The molecule has 3 aromatic carbocycles. The minimum Gasteiger partial charge on any atom is -0.279 e. The fourth-order valence-electron chi connectivity index (χ4n) is 3.73. The van der Waals surface area contributed by atoms with Gasteiger partial charge in [0, 0.05) is 27.5 Å². The van der Waals surface area contributed by atoms with E-state index in [-0.39, 0.29) is 5.91 Å². The molecule has 0 fully saturated rings. The summed E-state index contributed by atoms with van der Waals surface area (Å²) in [7, 11) is 0. The molecule has 0 saturated heterocycles. The highest BCUT2D eigenvalue weighted by atomic mass is 32.2. The lowest BCUT2D eigenvalue weighted by Crippen LogP contribution is -2.28. The van der Waals surface area contributed by atoms with Crippen molar-refractivity contribution in [2.45, 2.75) is 21.2 Å². The molecule has 0 spiro atoms. The first-order chi connectivity index (χ1) is 16.2. The number of pyridine rings is 1. The number of carbonyl (C=O) groups excluding carboxylic acids is 1. The van der Waals surface area contributed by atoms with Crippen LogP contribution in [0.5, 0.6) is 0 Å². The van der Waals surface area contributed by atoms with Gasteiger partial charge in [-0.1, -0.05) is 66.4 Å². The number of fused-ring (bicyclic) bond motifs is 2. The Labute approximate surface area is 201 Å². The van der Waals surface area contributed by atoms with E-state index < -0.39 is 0 Å². The van der Waals surface area contributed by atoms with Crippen LogP contribution in [-0.2, 0) is 4.79 Å². The van der Waals surface area contributed by atoms with Gasteiger partial charge in [-0.2, -0.15) is 5.26 Å². The van der Waals surface area contributed by atoms with E-state index in [1.165, 1.54) is 11.8 Å².